The molecule has 2 aliphatic rings. The van der Waals surface area contributed by atoms with Crippen LogP contribution in [-0.4, -0.2) is 57.3 Å². The van der Waals surface area contributed by atoms with Crippen molar-refractivity contribution in [2.45, 2.75) is 31.1 Å². The molecule has 0 spiro atoms. The predicted molar refractivity (Wildman–Crippen MR) is 165 cm³/mol. The van der Waals surface area contributed by atoms with Gasteiger partial charge in [-0.25, -0.2) is 9.59 Å². The second kappa shape index (κ2) is 13.2. The SMILES string of the molecule is COC(=O)C1=C(N)NC(C)=C(C(=O)OCCN2CCC(c3ccccc3)(c3ccccc3)CC2)C1c1ccccc1OC. The molecule has 1 atom stereocenters. The molecule has 3 aromatic carbocycles. The summed E-state index contributed by atoms with van der Waals surface area (Å²) >= 11 is 0. The maximum absolute atomic E-state index is 13.7. The average molecular weight is 582 g/mol. The lowest BCUT2D eigenvalue weighted by atomic mass is 9.68. The quantitative estimate of drug-likeness (QED) is 0.353. The summed E-state index contributed by atoms with van der Waals surface area (Å²) < 4.78 is 16.5. The number of esters is 2. The number of hydrogen-bond donors (Lipinski definition) is 2. The largest absolute Gasteiger partial charge is 0.496 e. The van der Waals surface area contributed by atoms with Crippen LogP contribution >= 0.6 is 0 Å². The number of nitrogens with two attached hydrogens (primary N) is 1. The van der Waals surface area contributed by atoms with E-state index in [9.17, 15) is 9.59 Å². The zero-order valence-electron chi connectivity index (χ0n) is 25.0. The summed E-state index contributed by atoms with van der Waals surface area (Å²) in [6.45, 7) is 4.31. The van der Waals surface area contributed by atoms with Crippen LogP contribution in [0.4, 0.5) is 0 Å². The molecule has 3 aromatic rings. The van der Waals surface area contributed by atoms with Gasteiger partial charge < -0.3 is 25.3 Å². The van der Waals surface area contributed by atoms with Crippen LogP contribution in [0.25, 0.3) is 0 Å². The Morgan fingerprint density at radius 2 is 1.44 bits per heavy atom. The highest BCUT2D eigenvalue weighted by Crippen LogP contribution is 2.43. The van der Waals surface area contributed by atoms with Gasteiger partial charge in [0.2, 0.25) is 0 Å². The molecule has 8 nitrogen and oxygen atoms in total. The average Bonchev–Trinajstić information content (AvgIpc) is 3.05. The third-order valence-corrected chi connectivity index (χ3v) is 8.67. The molecule has 3 N–H and O–H groups in total. The highest BCUT2D eigenvalue weighted by molar-refractivity contribution is 6.00. The van der Waals surface area contributed by atoms with Crippen molar-refractivity contribution in [1.82, 2.24) is 10.2 Å². The lowest BCUT2D eigenvalue weighted by Gasteiger charge is -2.43. The molecule has 0 aromatic heterocycles. The van der Waals surface area contributed by atoms with Crippen molar-refractivity contribution in [2.75, 3.05) is 40.5 Å². The topological polar surface area (TPSA) is 103 Å². The third kappa shape index (κ3) is 6.01. The first-order chi connectivity index (χ1) is 20.9. The molecule has 224 valence electrons. The first-order valence-corrected chi connectivity index (χ1v) is 14.6. The summed E-state index contributed by atoms with van der Waals surface area (Å²) in [7, 11) is 2.83. The van der Waals surface area contributed by atoms with Crippen LogP contribution in [0, 0.1) is 0 Å². The second-order valence-electron chi connectivity index (χ2n) is 10.9. The number of methoxy groups -OCH3 is 2. The number of allylic oxidation sites excluding steroid dienone is 1. The van der Waals surface area contributed by atoms with E-state index >= 15 is 0 Å². The molecule has 43 heavy (non-hydrogen) atoms. The number of carbonyl (C=O) groups is 2. The van der Waals surface area contributed by atoms with Crippen LogP contribution < -0.4 is 15.8 Å². The Bertz CT molecular complexity index is 1470. The van der Waals surface area contributed by atoms with Crippen LogP contribution in [0.15, 0.2) is 108 Å². The number of rotatable bonds is 9. The van der Waals surface area contributed by atoms with E-state index in [2.05, 4.69) is 70.9 Å². The van der Waals surface area contributed by atoms with Crippen LogP contribution in [0.3, 0.4) is 0 Å². The minimum Gasteiger partial charge on any atom is -0.496 e. The van der Waals surface area contributed by atoms with Crippen LogP contribution in [-0.2, 0) is 24.5 Å². The van der Waals surface area contributed by atoms with E-state index in [0.29, 0.717) is 29.1 Å². The number of benzene rings is 3. The Kier molecular flexibility index (Phi) is 9.16. The molecule has 2 aliphatic heterocycles. The fraction of sp³-hybridized carbons (Fsp3) is 0.314. The second-order valence-corrected chi connectivity index (χ2v) is 10.9. The number of nitrogens with one attached hydrogen (secondary N) is 1. The summed E-state index contributed by atoms with van der Waals surface area (Å²) in [5.74, 6) is -1.31. The Hall–Kier alpha value is -4.56. The fourth-order valence-electron chi connectivity index (χ4n) is 6.44. The van der Waals surface area contributed by atoms with Gasteiger partial charge in [-0.3, -0.25) is 4.90 Å². The molecule has 0 amide bonds. The van der Waals surface area contributed by atoms with Crippen molar-refractivity contribution in [3.8, 4) is 5.75 Å². The summed E-state index contributed by atoms with van der Waals surface area (Å²) in [4.78, 5) is 28.9. The number of dihydropyridines is 1. The molecular weight excluding hydrogens is 542 g/mol. The van der Waals surface area contributed by atoms with Crippen molar-refractivity contribution in [2.24, 2.45) is 5.73 Å². The van der Waals surface area contributed by atoms with Gasteiger partial charge in [0.1, 0.15) is 18.2 Å². The van der Waals surface area contributed by atoms with Gasteiger partial charge in [-0.1, -0.05) is 78.9 Å². The van der Waals surface area contributed by atoms with Gasteiger partial charge in [-0.15, -0.1) is 0 Å². The van der Waals surface area contributed by atoms with Crippen LogP contribution in [0.2, 0.25) is 0 Å². The molecule has 1 fully saturated rings. The maximum atomic E-state index is 13.7. The number of para-hydroxylation sites is 1. The molecule has 0 bridgehead atoms. The van der Waals surface area contributed by atoms with Gasteiger partial charge in [0.15, 0.2) is 0 Å². The van der Waals surface area contributed by atoms with Crippen LogP contribution in [0.5, 0.6) is 5.75 Å². The van der Waals surface area contributed by atoms with Crippen molar-refractivity contribution < 1.29 is 23.8 Å². The van der Waals surface area contributed by atoms with E-state index in [1.165, 1.54) is 18.2 Å². The Balaban J connectivity index is 1.30. The summed E-state index contributed by atoms with van der Waals surface area (Å²) in [5.41, 5.74) is 10.4. The molecule has 1 saturated heterocycles. The van der Waals surface area contributed by atoms with Crippen LogP contribution in [0.1, 0.15) is 42.4 Å². The van der Waals surface area contributed by atoms with Crippen molar-refractivity contribution in [3.05, 3.63) is 124 Å². The zero-order valence-corrected chi connectivity index (χ0v) is 25.0. The van der Waals surface area contributed by atoms with Crippen molar-refractivity contribution in [1.29, 1.82) is 0 Å². The Labute approximate surface area is 253 Å². The fourth-order valence-corrected chi connectivity index (χ4v) is 6.44. The molecule has 0 radical (unpaired) electrons. The zero-order chi connectivity index (χ0) is 30.4. The Morgan fingerprint density at radius 3 is 2.02 bits per heavy atom. The molecule has 0 aliphatic carbocycles. The molecular formula is C35H39N3O5. The van der Waals surface area contributed by atoms with Crippen molar-refractivity contribution in [3.63, 3.8) is 0 Å². The number of likely N-dealkylation sites (tertiary alicyclic amines) is 1. The van der Waals surface area contributed by atoms with Gasteiger partial charge in [0, 0.05) is 23.2 Å². The van der Waals surface area contributed by atoms with Gasteiger partial charge in [0.05, 0.1) is 31.3 Å². The first kappa shape index (κ1) is 29.9. The standard InChI is InChI=1S/C35H39N3O5/c1-24-29(30(27-16-10-11-17-28(27)41-2)31(32(36)37-24)33(39)42-3)34(40)43-23-22-38-20-18-35(19-21-38,25-12-6-4-7-13-25)26-14-8-5-9-15-26/h4-17,30,37H,18-23,36H2,1-3H3. The summed E-state index contributed by atoms with van der Waals surface area (Å²) in [6.07, 6.45) is 1.93. The number of piperidine rings is 1. The summed E-state index contributed by atoms with van der Waals surface area (Å²) in [6, 6.07) is 28.7. The highest BCUT2D eigenvalue weighted by atomic mass is 16.5. The molecule has 0 saturated carbocycles. The van der Waals surface area contributed by atoms with E-state index in [0.717, 1.165) is 25.9 Å². The third-order valence-electron chi connectivity index (χ3n) is 8.67. The van der Waals surface area contributed by atoms with E-state index in [1.807, 2.05) is 18.2 Å². The van der Waals surface area contributed by atoms with Gasteiger partial charge in [0.25, 0.3) is 0 Å². The maximum Gasteiger partial charge on any atom is 0.338 e. The highest BCUT2D eigenvalue weighted by Gasteiger charge is 2.40. The molecule has 1 unspecified atom stereocenters. The Morgan fingerprint density at radius 1 is 0.860 bits per heavy atom. The van der Waals surface area contributed by atoms with E-state index in [1.54, 1.807) is 20.1 Å². The first-order valence-electron chi connectivity index (χ1n) is 14.6. The van der Waals surface area contributed by atoms with Crippen molar-refractivity contribution >= 4 is 11.9 Å². The molecule has 5 rings (SSSR count). The monoisotopic (exact) mass is 581 g/mol. The number of nitrogens with zero attached hydrogens (tertiary/aromatic N) is 1. The van der Waals surface area contributed by atoms with E-state index in [4.69, 9.17) is 19.9 Å². The minimum absolute atomic E-state index is 0.0517. The van der Waals surface area contributed by atoms with E-state index < -0.39 is 17.9 Å². The smallest absolute Gasteiger partial charge is 0.338 e. The van der Waals surface area contributed by atoms with Gasteiger partial charge in [-0.05, 0) is 50.0 Å². The summed E-state index contributed by atoms with van der Waals surface area (Å²) in [5, 5.41) is 2.98. The molecule has 8 heteroatoms. The number of ether oxygens (including phenoxy) is 3. The minimum atomic E-state index is -0.815. The molecule has 2 heterocycles. The number of carbonyl (C=O) groups excluding carboxylic acids is 2. The lowest BCUT2D eigenvalue weighted by Crippen LogP contribution is -2.44. The normalized spacial score (nSPS) is 18.5. The predicted octanol–water partition coefficient (Wildman–Crippen LogP) is 4.62. The lowest BCUT2D eigenvalue weighted by molar-refractivity contribution is -0.140. The van der Waals surface area contributed by atoms with Gasteiger partial charge >= 0.3 is 11.9 Å². The number of hydrogen-bond acceptors (Lipinski definition) is 8. The van der Waals surface area contributed by atoms with E-state index in [-0.39, 0.29) is 23.4 Å². The van der Waals surface area contributed by atoms with Gasteiger partial charge in [-0.2, -0.15) is 0 Å².